The minimum atomic E-state index is 0.933. The summed E-state index contributed by atoms with van der Waals surface area (Å²) in [5.41, 5.74) is 0. The minimum absolute atomic E-state index is 0.933. The van der Waals surface area contributed by atoms with Crippen LogP contribution in [0.15, 0.2) is 24.5 Å². The van der Waals surface area contributed by atoms with E-state index in [1.54, 1.807) is 6.20 Å². The number of aromatic amines is 1. The van der Waals surface area contributed by atoms with E-state index in [0.717, 1.165) is 12.2 Å². The number of rotatable bonds is 9. The Morgan fingerprint density at radius 3 is 2.69 bits per heavy atom. The van der Waals surface area contributed by atoms with Crippen LogP contribution in [0.4, 0.5) is 0 Å². The second kappa shape index (κ2) is 9.20. The number of allylic oxidation sites excluding steroid dienone is 2. The van der Waals surface area contributed by atoms with Gasteiger partial charge in [0.15, 0.2) is 0 Å². The van der Waals surface area contributed by atoms with Gasteiger partial charge in [-0.1, -0.05) is 51.2 Å². The molecule has 0 aliphatic rings. The quantitative estimate of drug-likeness (QED) is 0.489. The van der Waals surface area contributed by atoms with Crippen LogP contribution in [0.2, 0.25) is 0 Å². The molecule has 90 valence electrons. The van der Waals surface area contributed by atoms with Crippen LogP contribution in [0.25, 0.3) is 0 Å². The van der Waals surface area contributed by atoms with E-state index in [9.17, 15) is 0 Å². The summed E-state index contributed by atoms with van der Waals surface area (Å²) >= 11 is 0. The lowest BCUT2D eigenvalue weighted by molar-refractivity contribution is 0.611. The average molecular weight is 220 g/mol. The summed E-state index contributed by atoms with van der Waals surface area (Å²) in [6.45, 7) is 2.26. The van der Waals surface area contributed by atoms with Gasteiger partial charge >= 0.3 is 0 Å². The highest BCUT2D eigenvalue weighted by molar-refractivity contribution is 4.96. The van der Waals surface area contributed by atoms with Gasteiger partial charge in [-0.15, -0.1) is 0 Å². The van der Waals surface area contributed by atoms with Crippen molar-refractivity contribution >= 4 is 0 Å². The summed E-state index contributed by atoms with van der Waals surface area (Å²) in [5.74, 6) is 1.05. The van der Waals surface area contributed by atoms with Crippen LogP contribution in [0, 0.1) is 0 Å². The monoisotopic (exact) mass is 220 g/mol. The third-order valence-corrected chi connectivity index (χ3v) is 2.76. The number of aromatic nitrogens is 2. The maximum absolute atomic E-state index is 4.18. The predicted octanol–water partition coefficient (Wildman–Crippen LogP) is 4.26. The Morgan fingerprint density at radius 1 is 1.12 bits per heavy atom. The molecule has 2 nitrogen and oxygen atoms in total. The Bertz CT molecular complexity index is 262. The lowest BCUT2D eigenvalue weighted by Crippen LogP contribution is -1.83. The molecule has 16 heavy (non-hydrogen) atoms. The van der Waals surface area contributed by atoms with Crippen molar-refractivity contribution in [3.05, 3.63) is 30.4 Å². The van der Waals surface area contributed by atoms with Crippen LogP contribution >= 0.6 is 0 Å². The highest BCUT2D eigenvalue weighted by Gasteiger charge is 1.90. The molecule has 1 N–H and O–H groups in total. The van der Waals surface area contributed by atoms with Crippen LogP contribution < -0.4 is 0 Å². The molecule has 0 saturated heterocycles. The molecule has 0 aliphatic carbocycles. The highest BCUT2D eigenvalue weighted by atomic mass is 14.9. The van der Waals surface area contributed by atoms with Gasteiger partial charge in [-0.25, -0.2) is 4.98 Å². The first kappa shape index (κ1) is 13.0. The van der Waals surface area contributed by atoms with E-state index in [2.05, 4.69) is 29.0 Å². The van der Waals surface area contributed by atoms with Gasteiger partial charge in [-0.2, -0.15) is 0 Å². The zero-order chi connectivity index (χ0) is 11.5. The van der Waals surface area contributed by atoms with Gasteiger partial charge in [0.1, 0.15) is 5.82 Å². The van der Waals surface area contributed by atoms with Gasteiger partial charge < -0.3 is 4.98 Å². The van der Waals surface area contributed by atoms with Crippen LogP contribution in [-0.4, -0.2) is 9.97 Å². The fourth-order valence-corrected chi connectivity index (χ4v) is 1.76. The van der Waals surface area contributed by atoms with Gasteiger partial charge in [-0.05, 0) is 12.8 Å². The minimum Gasteiger partial charge on any atom is -0.348 e. The normalized spacial score (nSPS) is 11.3. The molecular weight excluding hydrogens is 196 g/mol. The Hall–Kier alpha value is -1.05. The maximum atomic E-state index is 4.18. The molecular formula is C14H24N2. The summed E-state index contributed by atoms with van der Waals surface area (Å²) in [7, 11) is 0. The highest BCUT2D eigenvalue weighted by Crippen LogP contribution is 2.07. The number of nitrogens with one attached hydrogen (secondary N) is 1. The smallest absolute Gasteiger partial charge is 0.109 e. The summed E-state index contributed by atoms with van der Waals surface area (Å²) < 4.78 is 0. The van der Waals surface area contributed by atoms with Gasteiger partial charge in [0, 0.05) is 18.8 Å². The third kappa shape index (κ3) is 6.44. The molecule has 0 amide bonds. The van der Waals surface area contributed by atoms with Crippen LogP contribution in [0.5, 0.6) is 0 Å². The van der Waals surface area contributed by atoms with E-state index in [1.165, 1.54) is 44.9 Å². The van der Waals surface area contributed by atoms with E-state index in [1.807, 2.05) is 6.20 Å². The van der Waals surface area contributed by atoms with Crippen molar-refractivity contribution in [2.75, 3.05) is 0 Å². The molecule has 0 unspecified atom stereocenters. The molecule has 1 aromatic heterocycles. The molecule has 0 atom stereocenters. The van der Waals surface area contributed by atoms with Crippen molar-refractivity contribution in [2.24, 2.45) is 0 Å². The number of H-pyrrole nitrogens is 1. The Morgan fingerprint density at radius 2 is 1.94 bits per heavy atom. The summed E-state index contributed by atoms with van der Waals surface area (Å²) in [4.78, 5) is 7.28. The zero-order valence-corrected chi connectivity index (χ0v) is 10.4. The van der Waals surface area contributed by atoms with Gasteiger partial charge in [0.25, 0.3) is 0 Å². The Balaban J connectivity index is 1.89. The van der Waals surface area contributed by atoms with Crippen molar-refractivity contribution in [2.45, 2.75) is 58.3 Å². The van der Waals surface area contributed by atoms with E-state index >= 15 is 0 Å². The number of hydrogen-bond acceptors (Lipinski definition) is 1. The molecule has 0 saturated carbocycles. The van der Waals surface area contributed by atoms with Gasteiger partial charge in [-0.3, -0.25) is 0 Å². The molecule has 1 heterocycles. The zero-order valence-electron chi connectivity index (χ0n) is 10.4. The summed E-state index contributed by atoms with van der Waals surface area (Å²) in [6, 6.07) is 0. The third-order valence-electron chi connectivity index (χ3n) is 2.76. The van der Waals surface area contributed by atoms with Crippen LogP contribution in [0.1, 0.15) is 57.7 Å². The lowest BCUT2D eigenvalue weighted by atomic mass is 10.1. The summed E-state index contributed by atoms with van der Waals surface area (Å²) in [6.07, 6.45) is 18.6. The van der Waals surface area contributed by atoms with Crippen molar-refractivity contribution < 1.29 is 0 Å². The average Bonchev–Trinajstić information content (AvgIpc) is 2.80. The Kier molecular flexibility index (Phi) is 7.48. The maximum Gasteiger partial charge on any atom is 0.109 e. The van der Waals surface area contributed by atoms with Gasteiger partial charge in [0.2, 0.25) is 0 Å². The van der Waals surface area contributed by atoms with Crippen LogP contribution in [0.3, 0.4) is 0 Å². The largest absolute Gasteiger partial charge is 0.348 e. The lowest BCUT2D eigenvalue weighted by Gasteiger charge is -1.97. The standard InChI is InChI=1S/C14H24N2/c1-2-3-4-5-6-7-8-9-10-11-14-15-12-13-16-14/h9-10,12-13H,2-8,11H2,1H3,(H,15,16). The first-order chi connectivity index (χ1) is 7.93. The van der Waals surface area contributed by atoms with E-state index in [0.29, 0.717) is 0 Å². The van der Waals surface area contributed by atoms with Crippen molar-refractivity contribution in [1.82, 2.24) is 9.97 Å². The second-order valence-electron chi connectivity index (χ2n) is 4.27. The summed E-state index contributed by atoms with van der Waals surface area (Å²) in [5, 5.41) is 0. The molecule has 0 spiro atoms. The molecule has 1 aromatic rings. The predicted molar refractivity (Wildman–Crippen MR) is 69.4 cm³/mol. The van der Waals surface area contributed by atoms with Crippen molar-refractivity contribution in [1.29, 1.82) is 0 Å². The molecule has 2 heteroatoms. The SMILES string of the molecule is CCCCCCCCC=CCc1ncc[nH]1. The molecule has 0 aromatic carbocycles. The molecule has 1 rings (SSSR count). The van der Waals surface area contributed by atoms with E-state index in [-0.39, 0.29) is 0 Å². The molecule has 0 radical (unpaired) electrons. The van der Waals surface area contributed by atoms with Crippen molar-refractivity contribution in [3.8, 4) is 0 Å². The molecule has 0 aliphatic heterocycles. The fourth-order valence-electron chi connectivity index (χ4n) is 1.76. The molecule has 0 bridgehead atoms. The fraction of sp³-hybridized carbons (Fsp3) is 0.643. The van der Waals surface area contributed by atoms with E-state index < -0.39 is 0 Å². The van der Waals surface area contributed by atoms with Gasteiger partial charge in [0.05, 0.1) is 0 Å². The van der Waals surface area contributed by atoms with Crippen molar-refractivity contribution in [3.63, 3.8) is 0 Å². The Labute approximate surface area is 99.2 Å². The number of unbranched alkanes of at least 4 members (excludes halogenated alkanes) is 6. The number of nitrogens with zero attached hydrogens (tertiary/aromatic N) is 1. The number of hydrogen-bond donors (Lipinski definition) is 1. The first-order valence-electron chi connectivity index (χ1n) is 6.56. The topological polar surface area (TPSA) is 28.7 Å². The van der Waals surface area contributed by atoms with E-state index in [4.69, 9.17) is 0 Å². The number of imidazole rings is 1. The van der Waals surface area contributed by atoms with Crippen LogP contribution in [-0.2, 0) is 6.42 Å². The first-order valence-corrected chi connectivity index (χ1v) is 6.56. The molecule has 0 fully saturated rings. The second-order valence-corrected chi connectivity index (χ2v) is 4.27.